The summed E-state index contributed by atoms with van der Waals surface area (Å²) < 4.78 is 0.443. The van der Waals surface area contributed by atoms with Gasteiger partial charge in [-0.1, -0.05) is 6.92 Å². The molecule has 0 spiro atoms. The van der Waals surface area contributed by atoms with Gasteiger partial charge in [-0.15, -0.1) is 0 Å². The van der Waals surface area contributed by atoms with Crippen molar-refractivity contribution in [2.75, 3.05) is 31.9 Å². The number of hydrogen-bond acceptors (Lipinski definition) is 3. The van der Waals surface area contributed by atoms with E-state index in [1.807, 2.05) is 0 Å². The van der Waals surface area contributed by atoms with E-state index in [9.17, 15) is 0 Å². The molecule has 0 radical (unpaired) electrons. The van der Waals surface area contributed by atoms with Crippen LogP contribution in [0.15, 0.2) is 0 Å². The molecule has 1 fully saturated rings. The summed E-state index contributed by atoms with van der Waals surface area (Å²) in [6, 6.07) is 0.676. The van der Waals surface area contributed by atoms with Crippen molar-refractivity contribution in [3.63, 3.8) is 0 Å². The quantitative estimate of drug-likeness (QED) is 0.771. The highest BCUT2D eigenvalue weighted by molar-refractivity contribution is 8.00. The van der Waals surface area contributed by atoms with Crippen LogP contribution in [-0.2, 0) is 0 Å². The van der Waals surface area contributed by atoms with Gasteiger partial charge in [-0.3, -0.25) is 4.90 Å². The molecule has 1 aliphatic heterocycles. The fraction of sp³-hybridized carbons (Fsp3) is 1.00. The molecule has 0 aromatic rings. The van der Waals surface area contributed by atoms with Crippen LogP contribution < -0.4 is 5.32 Å². The minimum absolute atomic E-state index is 0.443. The van der Waals surface area contributed by atoms with Crippen LogP contribution >= 0.6 is 11.8 Å². The average Bonchev–Trinajstić information content (AvgIpc) is 2.12. The van der Waals surface area contributed by atoms with Crippen LogP contribution in [0.3, 0.4) is 0 Å². The van der Waals surface area contributed by atoms with E-state index < -0.39 is 0 Å². The van der Waals surface area contributed by atoms with Gasteiger partial charge in [0.05, 0.1) is 0 Å². The molecule has 0 amide bonds. The summed E-state index contributed by atoms with van der Waals surface area (Å²) in [4.78, 5) is 2.61. The van der Waals surface area contributed by atoms with Crippen molar-refractivity contribution in [1.82, 2.24) is 10.2 Å². The van der Waals surface area contributed by atoms with Crippen molar-refractivity contribution in [2.24, 2.45) is 0 Å². The molecule has 1 atom stereocenters. The Kier molecular flexibility index (Phi) is 4.74. The summed E-state index contributed by atoms with van der Waals surface area (Å²) in [7, 11) is 0. The van der Waals surface area contributed by atoms with Gasteiger partial charge in [0, 0.05) is 36.2 Å². The molecule has 0 aliphatic carbocycles. The molecule has 14 heavy (non-hydrogen) atoms. The highest BCUT2D eigenvalue weighted by Gasteiger charge is 2.28. The monoisotopic (exact) mass is 216 g/mol. The highest BCUT2D eigenvalue weighted by Crippen LogP contribution is 2.30. The van der Waals surface area contributed by atoms with E-state index >= 15 is 0 Å². The van der Waals surface area contributed by atoms with E-state index in [4.69, 9.17) is 0 Å². The van der Waals surface area contributed by atoms with Crippen molar-refractivity contribution < 1.29 is 0 Å². The highest BCUT2D eigenvalue weighted by atomic mass is 32.2. The molecule has 2 nitrogen and oxygen atoms in total. The van der Waals surface area contributed by atoms with Crippen molar-refractivity contribution >= 4 is 11.8 Å². The fourth-order valence-corrected chi connectivity index (χ4v) is 3.05. The minimum atomic E-state index is 0.443. The molecular formula is C11H24N2S. The van der Waals surface area contributed by atoms with Crippen LogP contribution in [0.2, 0.25) is 0 Å². The fourth-order valence-electron chi connectivity index (χ4n) is 1.91. The van der Waals surface area contributed by atoms with Gasteiger partial charge in [0.1, 0.15) is 0 Å². The zero-order valence-electron chi connectivity index (χ0n) is 9.97. The first-order chi connectivity index (χ1) is 6.55. The lowest BCUT2D eigenvalue weighted by atomic mass is 10.1. The Morgan fingerprint density at radius 2 is 2.21 bits per heavy atom. The van der Waals surface area contributed by atoms with E-state index in [-0.39, 0.29) is 0 Å². The molecule has 1 N–H and O–H groups in total. The Morgan fingerprint density at radius 3 is 2.79 bits per heavy atom. The molecule has 84 valence electrons. The first-order valence-electron chi connectivity index (χ1n) is 5.64. The topological polar surface area (TPSA) is 15.3 Å². The van der Waals surface area contributed by atoms with Crippen molar-refractivity contribution in [3.8, 4) is 0 Å². The lowest BCUT2D eigenvalue weighted by molar-refractivity contribution is 0.196. The second-order valence-electron chi connectivity index (χ2n) is 4.74. The first-order valence-corrected chi connectivity index (χ1v) is 6.62. The summed E-state index contributed by atoms with van der Waals surface area (Å²) >= 11 is 2.10. The standard InChI is InChI=1S/C11H24N2S/c1-5-12-8-10(2)13-6-7-14-11(3,4)9-13/h10,12H,5-9H2,1-4H3. The normalized spacial score (nSPS) is 24.9. The van der Waals surface area contributed by atoms with Crippen LogP contribution in [0.1, 0.15) is 27.7 Å². The zero-order valence-corrected chi connectivity index (χ0v) is 10.8. The number of hydrogen-bond donors (Lipinski definition) is 1. The molecule has 1 heterocycles. The molecule has 0 aromatic carbocycles. The van der Waals surface area contributed by atoms with Crippen molar-refractivity contribution in [3.05, 3.63) is 0 Å². The molecule has 0 aromatic heterocycles. The Hall–Kier alpha value is 0.270. The van der Waals surface area contributed by atoms with E-state index in [1.165, 1.54) is 18.8 Å². The van der Waals surface area contributed by atoms with Gasteiger partial charge < -0.3 is 5.32 Å². The SMILES string of the molecule is CCNCC(C)N1CCSC(C)(C)C1. The Morgan fingerprint density at radius 1 is 1.50 bits per heavy atom. The van der Waals surface area contributed by atoms with Gasteiger partial charge in [-0.2, -0.15) is 11.8 Å². The van der Waals surface area contributed by atoms with Gasteiger partial charge in [0.15, 0.2) is 0 Å². The van der Waals surface area contributed by atoms with Gasteiger partial charge in [0.25, 0.3) is 0 Å². The molecule has 1 unspecified atom stereocenters. The van der Waals surface area contributed by atoms with Gasteiger partial charge in [-0.25, -0.2) is 0 Å². The molecule has 0 saturated carbocycles. The summed E-state index contributed by atoms with van der Waals surface area (Å²) in [6.07, 6.45) is 0. The maximum Gasteiger partial charge on any atom is 0.0231 e. The van der Waals surface area contributed by atoms with Gasteiger partial charge in [-0.05, 0) is 27.3 Å². The Labute approximate surface area is 92.8 Å². The third-order valence-electron chi connectivity index (χ3n) is 2.77. The van der Waals surface area contributed by atoms with E-state index in [2.05, 4.69) is 49.7 Å². The minimum Gasteiger partial charge on any atom is -0.315 e. The van der Waals surface area contributed by atoms with Crippen LogP contribution in [0.5, 0.6) is 0 Å². The summed E-state index contributed by atoms with van der Waals surface area (Å²) in [5, 5.41) is 3.42. The molecule has 0 bridgehead atoms. The van der Waals surface area contributed by atoms with Crippen molar-refractivity contribution in [1.29, 1.82) is 0 Å². The van der Waals surface area contributed by atoms with E-state index in [0.29, 0.717) is 10.8 Å². The van der Waals surface area contributed by atoms with Crippen LogP contribution in [-0.4, -0.2) is 47.6 Å². The Balaban J connectivity index is 2.35. The van der Waals surface area contributed by atoms with Gasteiger partial charge in [0.2, 0.25) is 0 Å². The van der Waals surface area contributed by atoms with E-state index in [1.54, 1.807) is 0 Å². The Bertz CT molecular complexity index is 171. The average molecular weight is 216 g/mol. The molecular weight excluding hydrogens is 192 g/mol. The second-order valence-corrected chi connectivity index (χ2v) is 6.54. The molecule has 3 heteroatoms. The zero-order chi connectivity index (χ0) is 10.6. The van der Waals surface area contributed by atoms with Crippen LogP contribution in [0.4, 0.5) is 0 Å². The summed E-state index contributed by atoms with van der Waals surface area (Å²) in [5.74, 6) is 1.28. The maximum atomic E-state index is 3.42. The number of thioether (sulfide) groups is 1. The second kappa shape index (κ2) is 5.38. The van der Waals surface area contributed by atoms with Crippen molar-refractivity contribution in [2.45, 2.75) is 38.5 Å². The lowest BCUT2D eigenvalue weighted by Gasteiger charge is -2.40. The lowest BCUT2D eigenvalue weighted by Crippen LogP contribution is -2.50. The smallest absolute Gasteiger partial charge is 0.0231 e. The largest absolute Gasteiger partial charge is 0.315 e. The number of rotatable bonds is 4. The molecule has 1 rings (SSSR count). The summed E-state index contributed by atoms with van der Waals surface area (Å²) in [5.41, 5.74) is 0. The third kappa shape index (κ3) is 3.79. The van der Waals surface area contributed by atoms with E-state index in [0.717, 1.165) is 13.1 Å². The predicted octanol–water partition coefficient (Wildman–Crippen LogP) is 1.81. The number of nitrogens with zero attached hydrogens (tertiary/aromatic N) is 1. The third-order valence-corrected chi connectivity index (χ3v) is 4.07. The van der Waals surface area contributed by atoms with Gasteiger partial charge >= 0.3 is 0 Å². The first kappa shape index (κ1) is 12.3. The van der Waals surface area contributed by atoms with Crippen LogP contribution in [0, 0.1) is 0 Å². The maximum absolute atomic E-state index is 3.42. The van der Waals surface area contributed by atoms with Crippen LogP contribution in [0.25, 0.3) is 0 Å². The number of nitrogens with one attached hydrogen (secondary N) is 1. The molecule has 1 saturated heterocycles. The summed E-state index contributed by atoms with van der Waals surface area (Å²) in [6.45, 7) is 13.9. The predicted molar refractivity (Wildman–Crippen MR) is 66.1 cm³/mol. The molecule has 1 aliphatic rings. The number of likely N-dealkylation sites (N-methyl/N-ethyl adjacent to an activating group) is 1.